The van der Waals surface area contributed by atoms with Gasteiger partial charge in [-0.1, -0.05) is 35.1 Å². The van der Waals surface area contributed by atoms with Crippen LogP contribution in [0.5, 0.6) is 5.75 Å². The monoisotopic (exact) mass is 339 g/mol. The van der Waals surface area contributed by atoms with Gasteiger partial charge in [0.1, 0.15) is 5.75 Å². The van der Waals surface area contributed by atoms with E-state index >= 15 is 0 Å². The summed E-state index contributed by atoms with van der Waals surface area (Å²) in [5.41, 5.74) is 1.60. The number of fused-ring (bicyclic) bond motifs is 1. The summed E-state index contributed by atoms with van der Waals surface area (Å²) >= 11 is 1.49. The van der Waals surface area contributed by atoms with Crippen LogP contribution in [-0.2, 0) is 5.75 Å². The molecule has 3 aromatic heterocycles. The number of thioether (sulfide) groups is 1. The topological polar surface area (TPSA) is 78.3 Å². The van der Waals surface area contributed by atoms with Crippen molar-refractivity contribution in [2.24, 2.45) is 0 Å². The van der Waals surface area contributed by atoms with Crippen LogP contribution in [0.4, 0.5) is 0 Å². The summed E-state index contributed by atoms with van der Waals surface area (Å²) in [5, 5.41) is 13.1. The fourth-order valence-electron chi connectivity index (χ4n) is 2.30. The summed E-state index contributed by atoms with van der Waals surface area (Å²) in [6, 6.07) is 13.3. The molecule has 0 saturated carbocycles. The van der Waals surface area contributed by atoms with Gasteiger partial charge >= 0.3 is 0 Å². The quantitative estimate of drug-likeness (QED) is 0.517. The SMILES string of the molecule is COc1ccccc1-c1noc(CSc2nnc3ccccn23)n1. The molecule has 0 bridgehead atoms. The molecule has 0 aliphatic carbocycles. The first-order chi connectivity index (χ1) is 11.8. The van der Waals surface area contributed by atoms with Crippen LogP contribution in [0.2, 0.25) is 0 Å². The van der Waals surface area contributed by atoms with Gasteiger partial charge in [0, 0.05) is 6.20 Å². The van der Waals surface area contributed by atoms with E-state index < -0.39 is 0 Å². The minimum absolute atomic E-state index is 0.508. The van der Waals surface area contributed by atoms with Crippen molar-refractivity contribution in [1.29, 1.82) is 0 Å². The molecular formula is C16H13N5O2S. The Bertz CT molecular complexity index is 981. The molecule has 120 valence electrons. The maximum absolute atomic E-state index is 5.33. The molecule has 24 heavy (non-hydrogen) atoms. The van der Waals surface area contributed by atoms with Crippen LogP contribution in [0.15, 0.2) is 58.3 Å². The van der Waals surface area contributed by atoms with E-state index in [1.54, 1.807) is 7.11 Å². The highest BCUT2D eigenvalue weighted by Gasteiger charge is 2.14. The minimum Gasteiger partial charge on any atom is -0.496 e. The zero-order chi connectivity index (χ0) is 16.4. The Balaban J connectivity index is 1.53. The van der Waals surface area contributed by atoms with Crippen molar-refractivity contribution in [2.45, 2.75) is 10.9 Å². The summed E-state index contributed by atoms with van der Waals surface area (Å²) in [6.07, 6.45) is 1.92. The van der Waals surface area contributed by atoms with Crippen LogP contribution < -0.4 is 4.74 Å². The van der Waals surface area contributed by atoms with E-state index in [2.05, 4.69) is 20.3 Å². The van der Waals surface area contributed by atoms with E-state index in [0.717, 1.165) is 16.4 Å². The van der Waals surface area contributed by atoms with Crippen molar-refractivity contribution in [3.8, 4) is 17.1 Å². The molecule has 0 atom stereocenters. The normalized spacial score (nSPS) is 11.0. The number of benzene rings is 1. The number of para-hydroxylation sites is 1. The molecule has 3 heterocycles. The number of nitrogens with zero attached hydrogens (tertiary/aromatic N) is 5. The molecule has 1 aromatic carbocycles. The van der Waals surface area contributed by atoms with Gasteiger partial charge in [0.25, 0.3) is 0 Å². The predicted molar refractivity (Wildman–Crippen MR) is 88.8 cm³/mol. The first-order valence-electron chi connectivity index (χ1n) is 7.23. The maximum atomic E-state index is 5.33. The number of methoxy groups -OCH3 is 1. The maximum Gasteiger partial charge on any atom is 0.237 e. The second kappa shape index (κ2) is 6.32. The van der Waals surface area contributed by atoms with E-state index in [1.165, 1.54) is 11.8 Å². The summed E-state index contributed by atoms with van der Waals surface area (Å²) in [5.74, 6) is 2.25. The zero-order valence-electron chi connectivity index (χ0n) is 12.8. The van der Waals surface area contributed by atoms with Crippen LogP contribution in [0.25, 0.3) is 17.0 Å². The van der Waals surface area contributed by atoms with Crippen molar-refractivity contribution >= 4 is 17.4 Å². The third kappa shape index (κ3) is 2.71. The molecule has 0 radical (unpaired) electrons. The Morgan fingerprint density at radius 1 is 1.12 bits per heavy atom. The summed E-state index contributed by atoms with van der Waals surface area (Å²) in [6.45, 7) is 0. The first-order valence-corrected chi connectivity index (χ1v) is 8.22. The number of ether oxygens (including phenoxy) is 1. The predicted octanol–water partition coefficient (Wildman–Crippen LogP) is 3.08. The van der Waals surface area contributed by atoms with Crippen LogP contribution in [0, 0.1) is 0 Å². The number of hydrogen-bond donors (Lipinski definition) is 0. The highest BCUT2D eigenvalue weighted by atomic mass is 32.2. The van der Waals surface area contributed by atoms with Gasteiger partial charge < -0.3 is 9.26 Å². The zero-order valence-corrected chi connectivity index (χ0v) is 13.6. The third-order valence-electron chi connectivity index (χ3n) is 3.42. The van der Waals surface area contributed by atoms with Crippen molar-refractivity contribution in [3.05, 3.63) is 54.6 Å². The smallest absolute Gasteiger partial charge is 0.237 e. The lowest BCUT2D eigenvalue weighted by Crippen LogP contribution is -1.90. The first kappa shape index (κ1) is 14.7. The molecule has 4 rings (SSSR count). The van der Waals surface area contributed by atoms with Crippen LogP contribution in [-0.4, -0.2) is 31.8 Å². The Morgan fingerprint density at radius 3 is 2.92 bits per heavy atom. The van der Waals surface area contributed by atoms with E-state index in [4.69, 9.17) is 9.26 Å². The van der Waals surface area contributed by atoms with Crippen LogP contribution in [0.1, 0.15) is 5.89 Å². The molecule has 0 aliphatic rings. The van der Waals surface area contributed by atoms with Crippen molar-refractivity contribution in [1.82, 2.24) is 24.7 Å². The van der Waals surface area contributed by atoms with Crippen molar-refractivity contribution < 1.29 is 9.26 Å². The molecule has 7 nitrogen and oxygen atoms in total. The van der Waals surface area contributed by atoms with Gasteiger partial charge in [-0.05, 0) is 24.3 Å². The van der Waals surface area contributed by atoms with Crippen molar-refractivity contribution in [2.75, 3.05) is 7.11 Å². The lowest BCUT2D eigenvalue weighted by molar-refractivity contribution is 0.390. The summed E-state index contributed by atoms with van der Waals surface area (Å²) in [4.78, 5) is 4.43. The highest BCUT2D eigenvalue weighted by molar-refractivity contribution is 7.98. The molecule has 0 aliphatic heterocycles. The molecule has 0 unspecified atom stereocenters. The lowest BCUT2D eigenvalue weighted by Gasteiger charge is -2.02. The third-order valence-corrected chi connectivity index (χ3v) is 4.35. The van der Waals surface area contributed by atoms with E-state index in [0.29, 0.717) is 23.2 Å². The minimum atomic E-state index is 0.508. The van der Waals surface area contributed by atoms with E-state index in [-0.39, 0.29) is 0 Å². The second-order valence-electron chi connectivity index (χ2n) is 4.91. The molecule has 0 amide bonds. The fourth-order valence-corrected chi connectivity index (χ4v) is 3.06. The average Bonchev–Trinajstić information content (AvgIpc) is 3.27. The number of pyridine rings is 1. The standard InChI is InChI=1S/C16H13N5O2S/c1-22-12-7-3-2-6-11(12)15-17-14(23-20-15)10-24-16-19-18-13-8-4-5-9-21(13)16/h2-9H,10H2,1H3. The molecule has 0 saturated heterocycles. The van der Waals surface area contributed by atoms with Gasteiger partial charge in [-0.15, -0.1) is 10.2 Å². The largest absolute Gasteiger partial charge is 0.496 e. The average molecular weight is 339 g/mol. The second-order valence-corrected chi connectivity index (χ2v) is 5.85. The number of rotatable bonds is 5. The van der Waals surface area contributed by atoms with Gasteiger partial charge in [0.15, 0.2) is 10.8 Å². The Hall–Kier alpha value is -2.87. The number of aromatic nitrogens is 5. The van der Waals surface area contributed by atoms with Gasteiger partial charge in [0.05, 0.1) is 18.4 Å². The number of hydrogen-bond acceptors (Lipinski definition) is 7. The molecule has 4 aromatic rings. The Kier molecular flexibility index (Phi) is 3.87. The summed E-state index contributed by atoms with van der Waals surface area (Å²) in [7, 11) is 1.62. The Labute approximate surface area is 141 Å². The fraction of sp³-hybridized carbons (Fsp3) is 0.125. The molecule has 8 heteroatoms. The van der Waals surface area contributed by atoms with Crippen LogP contribution >= 0.6 is 11.8 Å². The van der Waals surface area contributed by atoms with Gasteiger partial charge in [-0.25, -0.2) is 0 Å². The van der Waals surface area contributed by atoms with E-state index in [9.17, 15) is 0 Å². The summed E-state index contributed by atoms with van der Waals surface area (Å²) < 4.78 is 12.6. The molecule has 0 N–H and O–H groups in total. The molecular weight excluding hydrogens is 326 g/mol. The lowest BCUT2D eigenvalue weighted by atomic mass is 10.2. The van der Waals surface area contributed by atoms with Crippen molar-refractivity contribution in [3.63, 3.8) is 0 Å². The highest BCUT2D eigenvalue weighted by Crippen LogP contribution is 2.28. The molecule has 0 spiro atoms. The van der Waals surface area contributed by atoms with E-state index in [1.807, 2.05) is 53.1 Å². The van der Waals surface area contributed by atoms with Gasteiger partial charge in [-0.2, -0.15) is 4.98 Å². The van der Waals surface area contributed by atoms with Crippen LogP contribution in [0.3, 0.4) is 0 Å². The molecule has 0 fully saturated rings. The van der Waals surface area contributed by atoms with Gasteiger partial charge in [-0.3, -0.25) is 4.40 Å². The van der Waals surface area contributed by atoms with Gasteiger partial charge in [0.2, 0.25) is 11.7 Å². The Morgan fingerprint density at radius 2 is 2.00 bits per heavy atom.